The fourth-order valence-corrected chi connectivity index (χ4v) is 0.854. The lowest BCUT2D eigenvalue weighted by molar-refractivity contribution is -0.163. The Morgan fingerprint density at radius 1 is 1.50 bits per heavy atom. The van der Waals surface area contributed by atoms with Crippen LogP contribution in [0.15, 0.2) is 12.7 Å². The molecule has 0 N–H and O–H groups in total. The topological polar surface area (TPSA) is 50.1 Å². The summed E-state index contributed by atoms with van der Waals surface area (Å²) in [5.41, 5.74) is -1.68. The van der Waals surface area contributed by atoms with Crippen molar-refractivity contribution in [3.8, 4) is 6.07 Å². The highest BCUT2D eigenvalue weighted by Crippen LogP contribution is 2.25. The summed E-state index contributed by atoms with van der Waals surface area (Å²) in [5.74, 6) is -0.493. The molecule has 1 atom stereocenters. The largest absolute Gasteiger partial charge is 0.459 e. The molecule has 0 heterocycles. The average molecular weight is 195 g/mol. The van der Waals surface area contributed by atoms with E-state index in [1.165, 1.54) is 0 Å². The Morgan fingerprint density at radius 2 is 2.00 bits per heavy atom. The summed E-state index contributed by atoms with van der Waals surface area (Å²) in [6.07, 6.45) is 1.85. The summed E-state index contributed by atoms with van der Waals surface area (Å²) >= 11 is 0. The fraction of sp³-hybridized carbons (Fsp3) is 0.636. The van der Waals surface area contributed by atoms with Crippen molar-refractivity contribution in [3.05, 3.63) is 12.7 Å². The Balaban J connectivity index is 4.65. The number of nitriles is 1. The standard InChI is InChI=1S/C11H17NO2/c1-6-7-11(5,8-12)9(13)14-10(2,3)4/h6H,1,7H2,2-5H3/t11-/m1/s1. The Morgan fingerprint density at radius 3 is 2.29 bits per heavy atom. The molecule has 0 fully saturated rings. The molecule has 0 aliphatic carbocycles. The highest BCUT2D eigenvalue weighted by molar-refractivity contribution is 5.80. The molecule has 3 nitrogen and oxygen atoms in total. The first-order chi connectivity index (χ1) is 6.25. The van der Waals surface area contributed by atoms with Gasteiger partial charge in [0.2, 0.25) is 0 Å². The van der Waals surface area contributed by atoms with Crippen molar-refractivity contribution in [1.82, 2.24) is 0 Å². The fourth-order valence-electron chi connectivity index (χ4n) is 0.854. The summed E-state index contributed by atoms with van der Waals surface area (Å²) < 4.78 is 5.14. The van der Waals surface area contributed by atoms with Gasteiger partial charge in [0.25, 0.3) is 0 Å². The lowest BCUT2D eigenvalue weighted by Crippen LogP contribution is -2.34. The molecule has 0 rings (SSSR count). The molecule has 0 spiro atoms. The molecule has 3 heteroatoms. The molecule has 0 radical (unpaired) electrons. The van der Waals surface area contributed by atoms with E-state index in [0.29, 0.717) is 6.42 Å². The third kappa shape index (κ3) is 3.61. The maximum atomic E-state index is 11.6. The average Bonchev–Trinajstić information content (AvgIpc) is 2.01. The van der Waals surface area contributed by atoms with E-state index >= 15 is 0 Å². The van der Waals surface area contributed by atoms with Crippen LogP contribution in [0.3, 0.4) is 0 Å². The number of rotatable bonds is 3. The van der Waals surface area contributed by atoms with Gasteiger partial charge >= 0.3 is 5.97 Å². The Kier molecular flexibility index (Phi) is 3.88. The lowest BCUT2D eigenvalue weighted by atomic mass is 9.88. The Bertz CT molecular complexity index is 270. The number of ether oxygens (including phenoxy) is 1. The van der Waals surface area contributed by atoms with Gasteiger partial charge in [-0.25, -0.2) is 0 Å². The Labute approximate surface area is 85.4 Å². The van der Waals surface area contributed by atoms with E-state index in [-0.39, 0.29) is 0 Å². The van der Waals surface area contributed by atoms with E-state index in [9.17, 15) is 4.79 Å². The molecule has 0 aromatic heterocycles. The second kappa shape index (κ2) is 4.28. The van der Waals surface area contributed by atoms with Crippen LogP contribution in [0.5, 0.6) is 0 Å². The zero-order valence-corrected chi connectivity index (χ0v) is 9.26. The van der Waals surface area contributed by atoms with E-state index in [1.807, 2.05) is 6.07 Å². The molecule has 0 aromatic rings. The zero-order chi connectivity index (χ0) is 11.4. The zero-order valence-electron chi connectivity index (χ0n) is 9.26. The number of allylic oxidation sites excluding steroid dienone is 1. The molecule has 0 aliphatic heterocycles. The smallest absolute Gasteiger partial charge is 0.327 e. The van der Waals surface area contributed by atoms with Crippen LogP contribution in [0.4, 0.5) is 0 Å². The number of esters is 1. The van der Waals surface area contributed by atoms with Gasteiger partial charge in [-0.05, 0) is 34.1 Å². The third-order valence-corrected chi connectivity index (χ3v) is 1.65. The van der Waals surface area contributed by atoms with Gasteiger partial charge in [0.05, 0.1) is 6.07 Å². The van der Waals surface area contributed by atoms with Crippen LogP contribution in [-0.2, 0) is 9.53 Å². The van der Waals surface area contributed by atoms with Crippen LogP contribution < -0.4 is 0 Å². The van der Waals surface area contributed by atoms with Crippen LogP contribution in [0.1, 0.15) is 34.1 Å². The highest BCUT2D eigenvalue weighted by Gasteiger charge is 2.36. The predicted octanol–water partition coefficient (Wildman–Crippen LogP) is 2.43. The molecule has 78 valence electrons. The third-order valence-electron chi connectivity index (χ3n) is 1.65. The first-order valence-corrected chi connectivity index (χ1v) is 4.51. The van der Waals surface area contributed by atoms with E-state index in [0.717, 1.165) is 0 Å². The van der Waals surface area contributed by atoms with Crippen molar-refractivity contribution in [2.24, 2.45) is 5.41 Å². The van der Waals surface area contributed by atoms with Crippen LogP contribution in [0.2, 0.25) is 0 Å². The number of hydrogen-bond acceptors (Lipinski definition) is 3. The van der Waals surface area contributed by atoms with Crippen molar-refractivity contribution < 1.29 is 9.53 Å². The quantitative estimate of drug-likeness (QED) is 0.513. The molecule has 0 unspecified atom stereocenters. The molecule has 14 heavy (non-hydrogen) atoms. The summed E-state index contributed by atoms with van der Waals surface area (Å²) in [6, 6.07) is 1.96. The van der Waals surface area contributed by atoms with Crippen molar-refractivity contribution in [1.29, 1.82) is 5.26 Å². The lowest BCUT2D eigenvalue weighted by Gasteiger charge is -2.25. The van der Waals surface area contributed by atoms with Crippen molar-refractivity contribution in [2.75, 3.05) is 0 Å². The van der Waals surface area contributed by atoms with Gasteiger partial charge in [0.15, 0.2) is 5.41 Å². The SMILES string of the molecule is C=CC[C@](C)(C#N)C(=O)OC(C)(C)C. The minimum Gasteiger partial charge on any atom is -0.459 e. The van der Waals surface area contributed by atoms with Gasteiger partial charge in [-0.3, -0.25) is 4.79 Å². The second-order valence-corrected chi connectivity index (χ2v) is 4.44. The molecule has 0 amide bonds. The van der Waals surface area contributed by atoms with Crippen molar-refractivity contribution in [2.45, 2.75) is 39.7 Å². The van der Waals surface area contributed by atoms with Crippen molar-refractivity contribution in [3.63, 3.8) is 0 Å². The number of carbonyl (C=O) groups excluding carboxylic acids is 1. The first-order valence-electron chi connectivity index (χ1n) is 4.51. The Hall–Kier alpha value is -1.30. The molecule has 0 aliphatic rings. The number of hydrogen-bond donors (Lipinski definition) is 0. The molecule has 0 bridgehead atoms. The maximum Gasteiger partial charge on any atom is 0.327 e. The van der Waals surface area contributed by atoms with Gasteiger partial charge in [0.1, 0.15) is 5.60 Å². The molecule has 0 aromatic carbocycles. The molecule has 0 saturated heterocycles. The van der Waals surface area contributed by atoms with Crippen LogP contribution >= 0.6 is 0 Å². The van der Waals surface area contributed by atoms with Crippen LogP contribution in [0, 0.1) is 16.7 Å². The van der Waals surface area contributed by atoms with Crippen LogP contribution in [-0.4, -0.2) is 11.6 Å². The van der Waals surface area contributed by atoms with Gasteiger partial charge in [-0.1, -0.05) is 6.08 Å². The molecular weight excluding hydrogens is 178 g/mol. The molecular formula is C11H17NO2. The minimum absolute atomic E-state index is 0.304. The summed E-state index contributed by atoms with van der Waals surface area (Å²) in [5, 5.41) is 8.89. The van der Waals surface area contributed by atoms with Gasteiger partial charge in [-0.2, -0.15) is 5.26 Å². The number of carbonyl (C=O) groups is 1. The van der Waals surface area contributed by atoms with Crippen molar-refractivity contribution >= 4 is 5.97 Å². The predicted molar refractivity (Wildman–Crippen MR) is 54.4 cm³/mol. The minimum atomic E-state index is -1.12. The van der Waals surface area contributed by atoms with Gasteiger partial charge in [-0.15, -0.1) is 6.58 Å². The number of nitrogens with zero attached hydrogens (tertiary/aromatic N) is 1. The van der Waals surface area contributed by atoms with E-state index in [4.69, 9.17) is 10.00 Å². The van der Waals surface area contributed by atoms with E-state index in [2.05, 4.69) is 6.58 Å². The monoisotopic (exact) mass is 195 g/mol. The highest BCUT2D eigenvalue weighted by atomic mass is 16.6. The summed E-state index contributed by atoms with van der Waals surface area (Å²) in [4.78, 5) is 11.6. The summed E-state index contributed by atoms with van der Waals surface area (Å²) in [6.45, 7) is 10.4. The van der Waals surface area contributed by atoms with E-state index < -0.39 is 17.0 Å². The first kappa shape index (κ1) is 12.7. The van der Waals surface area contributed by atoms with Gasteiger partial charge in [0, 0.05) is 0 Å². The normalized spacial score (nSPS) is 15.1. The summed E-state index contributed by atoms with van der Waals surface area (Å²) in [7, 11) is 0. The molecule has 0 saturated carbocycles. The van der Waals surface area contributed by atoms with Crippen LogP contribution in [0.25, 0.3) is 0 Å². The second-order valence-electron chi connectivity index (χ2n) is 4.44. The van der Waals surface area contributed by atoms with E-state index in [1.54, 1.807) is 33.8 Å². The maximum absolute atomic E-state index is 11.6. The van der Waals surface area contributed by atoms with Gasteiger partial charge < -0.3 is 4.74 Å².